The molecule has 0 bridgehead atoms. The smallest absolute Gasteiger partial charge is 0.282 e. The van der Waals surface area contributed by atoms with Crippen LogP contribution in [0.5, 0.6) is 5.75 Å². The summed E-state index contributed by atoms with van der Waals surface area (Å²) in [6.07, 6.45) is 0. The number of benzene rings is 2. The molecule has 1 heterocycles. The number of likely N-dealkylation sites (N-methyl/N-ethyl adjacent to an activating group) is 1. The molecular weight excluding hydrogens is 386 g/mol. The number of rotatable bonds is 7. The molecule has 2 aromatic carbocycles. The first-order valence-corrected chi connectivity index (χ1v) is 9.35. The minimum atomic E-state index is -0.499. The second-order valence-corrected chi connectivity index (χ2v) is 6.74. The number of carbonyl (C=O) groups is 3. The van der Waals surface area contributed by atoms with Crippen molar-refractivity contribution in [3.8, 4) is 5.75 Å². The first-order valence-electron chi connectivity index (χ1n) is 9.35. The average Bonchev–Trinajstić information content (AvgIpc) is 2.98. The van der Waals surface area contributed by atoms with Crippen LogP contribution in [0.2, 0.25) is 0 Å². The fraction of sp³-hybridized carbons (Fsp3) is 0.227. The highest BCUT2D eigenvalue weighted by molar-refractivity contribution is 6.45. The van der Waals surface area contributed by atoms with Gasteiger partial charge in [0.05, 0.1) is 25.0 Å². The number of aliphatic hydroxyl groups is 1. The molecule has 2 N–H and O–H groups in total. The normalized spacial score (nSPS) is 13.7. The predicted octanol–water partition coefficient (Wildman–Crippen LogP) is 1.86. The largest absolute Gasteiger partial charge is 0.495 e. The van der Waals surface area contributed by atoms with Gasteiger partial charge in [-0.3, -0.25) is 14.4 Å². The molecule has 0 atom stereocenters. The third-order valence-electron chi connectivity index (χ3n) is 4.70. The molecule has 0 saturated heterocycles. The highest BCUT2D eigenvalue weighted by atomic mass is 16.5. The third kappa shape index (κ3) is 3.90. The number of anilines is 2. The standard InChI is InChI=1S/C22H23N3O5/c1-14(27)23-16-10-8-15(9-11-16)19-20(24(2)12-13-26)22(29)25(21(19)28)17-6-4-5-7-18(17)30-3/h4-11,26H,12-13H2,1-3H3,(H,23,27). The van der Waals surface area contributed by atoms with Crippen LogP contribution in [-0.4, -0.2) is 55.0 Å². The summed E-state index contributed by atoms with van der Waals surface area (Å²) in [4.78, 5) is 40.6. The van der Waals surface area contributed by atoms with Crippen molar-refractivity contribution in [2.45, 2.75) is 6.92 Å². The van der Waals surface area contributed by atoms with Crippen LogP contribution < -0.4 is 15.0 Å². The van der Waals surface area contributed by atoms with Crippen LogP contribution in [-0.2, 0) is 14.4 Å². The van der Waals surface area contributed by atoms with Crippen molar-refractivity contribution in [3.05, 3.63) is 59.8 Å². The number of aliphatic hydroxyl groups excluding tert-OH is 1. The molecule has 2 aromatic rings. The Labute approximate surface area is 174 Å². The molecule has 1 aliphatic rings. The Balaban J connectivity index is 2.10. The lowest BCUT2D eigenvalue weighted by atomic mass is 10.0. The van der Waals surface area contributed by atoms with Gasteiger partial charge in [-0.05, 0) is 29.8 Å². The molecule has 0 saturated carbocycles. The summed E-state index contributed by atoms with van der Waals surface area (Å²) in [5.74, 6) is -0.802. The van der Waals surface area contributed by atoms with Crippen molar-refractivity contribution in [3.63, 3.8) is 0 Å². The maximum absolute atomic E-state index is 13.4. The second kappa shape index (κ2) is 8.79. The van der Waals surface area contributed by atoms with Gasteiger partial charge >= 0.3 is 0 Å². The van der Waals surface area contributed by atoms with E-state index in [0.29, 0.717) is 22.7 Å². The van der Waals surface area contributed by atoms with Crippen LogP contribution in [0.15, 0.2) is 54.2 Å². The van der Waals surface area contributed by atoms with E-state index in [1.807, 2.05) is 0 Å². The SMILES string of the molecule is COc1ccccc1N1C(=O)C(c2ccc(NC(C)=O)cc2)=C(N(C)CCO)C1=O. The van der Waals surface area contributed by atoms with E-state index in [1.165, 1.54) is 14.0 Å². The Morgan fingerprint density at radius 2 is 1.77 bits per heavy atom. The quantitative estimate of drug-likeness (QED) is 0.678. The van der Waals surface area contributed by atoms with Crippen LogP contribution in [0.1, 0.15) is 12.5 Å². The van der Waals surface area contributed by atoms with Crippen molar-refractivity contribution < 1.29 is 24.2 Å². The van der Waals surface area contributed by atoms with Gasteiger partial charge in [0.25, 0.3) is 11.8 Å². The zero-order valence-corrected chi connectivity index (χ0v) is 17.0. The summed E-state index contributed by atoms with van der Waals surface area (Å²) in [7, 11) is 3.12. The number of imide groups is 1. The summed E-state index contributed by atoms with van der Waals surface area (Å²) in [6.45, 7) is 1.41. The molecule has 3 amide bonds. The summed E-state index contributed by atoms with van der Waals surface area (Å²) in [5, 5.41) is 12.0. The van der Waals surface area contributed by atoms with E-state index < -0.39 is 11.8 Å². The van der Waals surface area contributed by atoms with Gasteiger partial charge in [0.2, 0.25) is 5.91 Å². The monoisotopic (exact) mass is 409 g/mol. The van der Waals surface area contributed by atoms with E-state index >= 15 is 0 Å². The Hall–Kier alpha value is -3.65. The topological polar surface area (TPSA) is 99.2 Å². The number of nitrogens with one attached hydrogen (secondary N) is 1. The fourth-order valence-electron chi connectivity index (χ4n) is 3.35. The van der Waals surface area contributed by atoms with E-state index in [9.17, 15) is 19.5 Å². The molecule has 156 valence electrons. The highest BCUT2D eigenvalue weighted by Crippen LogP contribution is 2.38. The van der Waals surface area contributed by atoms with Crippen LogP contribution in [0.25, 0.3) is 5.57 Å². The maximum Gasteiger partial charge on any atom is 0.282 e. The highest BCUT2D eigenvalue weighted by Gasteiger charge is 2.42. The number of carbonyl (C=O) groups excluding carboxylic acids is 3. The minimum Gasteiger partial charge on any atom is -0.495 e. The van der Waals surface area contributed by atoms with Gasteiger partial charge in [0.1, 0.15) is 11.4 Å². The summed E-state index contributed by atoms with van der Waals surface area (Å²) in [5.41, 5.74) is 1.85. The number of ether oxygens (including phenoxy) is 1. The number of para-hydroxylation sites is 2. The number of hydrogen-bond acceptors (Lipinski definition) is 6. The van der Waals surface area contributed by atoms with Crippen molar-refractivity contribution in [2.75, 3.05) is 37.5 Å². The van der Waals surface area contributed by atoms with Gasteiger partial charge in [0, 0.05) is 26.2 Å². The zero-order chi connectivity index (χ0) is 21.8. The number of nitrogens with zero attached hydrogens (tertiary/aromatic N) is 2. The number of amides is 3. The molecule has 8 nitrogen and oxygen atoms in total. The Morgan fingerprint density at radius 3 is 2.37 bits per heavy atom. The lowest BCUT2D eigenvalue weighted by Crippen LogP contribution is -2.35. The molecule has 1 aliphatic heterocycles. The van der Waals surface area contributed by atoms with Gasteiger partial charge in [-0.2, -0.15) is 0 Å². The van der Waals surface area contributed by atoms with Crippen molar-refractivity contribution in [1.29, 1.82) is 0 Å². The van der Waals surface area contributed by atoms with Gasteiger partial charge in [-0.15, -0.1) is 0 Å². The average molecular weight is 409 g/mol. The molecule has 0 radical (unpaired) electrons. The van der Waals surface area contributed by atoms with E-state index in [-0.39, 0.29) is 30.3 Å². The lowest BCUT2D eigenvalue weighted by Gasteiger charge is -2.21. The summed E-state index contributed by atoms with van der Waals surface area (Å²) in [6, 6.07) is 13.5. The maximum atomic E-state index is 13.4. The zero-order valence-electron chi connectivity index (χ0n) is 17.0. The summed E-state index contributed by atoms with van der Waals surface area (Å²) >= 11 is 0. The summed E-state index contributed by atoms with van der Waals surface area (Å²) < 4.78 is 5.33. The Kier molecular flexibility index (Phi) is 6.17. The van der Waals surface area contributed by atoms with Gasteiger partial charge in [-0.1, -0.05) is 24.3 Å². The van der Waals surface area contributed by atoms with Gasteiger partial charge in [-0.25, -0.2) is 4.90 Å². The van der Waals surface area contributed by atoms with E-state index in [1.54, 1.807) is 60.5 Å². The lowest BCUT2D eigenvalue weighted by molar-refractivity contribution is -0.120. The molecule has 0 aromatic heterocycles. The van der Waals surface area contributed by atoms with Gasteiger partial charge in [0.15, 0.2) is 0 Å². The minimum absolute atomic E-state index is 0.176. The molecule has 8 heteroatoms. The molecular formula is C22H23N3O5. The molecule has 30 heavy (non-hydrogen) atoms. The first-order chi connectivity index (χ1) is 14.4. The predicted molar refractivity (Wildman–Crippen MR) is 113 cm³/mol. The fourth-order valence-corrected chi connectivity index (χ4v) is 3.35. The van der Waals surface area contributed by atoms with Crippen molar-refractivity contribution >= 4 is 34.7 Å². The molecule has 0 aliphatic carbocycles. The third-order valence-corrected chi connectivity index (χ3v) is 4.70. The molecule has 0 unspecified atom stereocenters. The number of hydrogen-bond donors (Lipinski definition) is 2. The first kappa shape index (κ1) is 21.1. The van der Waals surface area contributed by atoms with Crippen LogP contribution in [0.3, 0.4) is 0 Å². The van der Waals surface area contributed by atoms with E-state index in [0.717, 1.165) is 4.90 Å². The van der Waals surface area contributed by atoms with Crippen molar-refractivity contribution in [2.24, 2.45) is 0 Å². The van der Waals surface area contributed by atoms with E-state index in [4.69, 9.17) is 4.74 Å². The number of methoxy groups -OCH3 is 1. The van der Waals surface area contributed by atoms with Crippen LogP contribution >= 0.6 is 0 Å². The van der Waals surface area contributed by atoms with Crippen LogP contribution in [0, 0.1) is 0 Å². The van der Waals surface area contributed by atoms with Gasteiger partial charge < -0.3 is 20.1 Å². The van der Waals surface area contributed by atoms with E-state index in [2.05, 4.69) is 5.32 Å². The molecule has 0 fully saturated rings. The second-order valence-electron chi connectivity index (χ2n) is 6.74. The molecule has 0 spiro atoms. The molecule has 3 rings (SSSR count). The van der Waals surface area contributed by atoms with Crippen LogP contribution in [0.4, 0.5) is 11.4 Å². The Bertz CT molecular complexity index is 1010. The Morgan fingerprint density at radius 1 is 1.10 bits per heavy atom. The van der Waals surface area contributed by atoms with Crippen molar-refractivity contribution in [1.82, 2.24) is 4.90 Å².